The van der Waals surface area contributed by atoms with Gasteiger partial charge in [-0.15, -0.1) is 0 Å². The summed E-state index contributed by atoms with van der Waals surface area (Å²) in [7, 11) is 0. The van der Waals surface area contributed by atoms with Gasteiger partial charge in [0.1, 0.15) is 0 Å². The van der Waals surface area contributed by atoms with Crippen molar-refractivity contribution in [3.8, 4) is 0 Å². The number of nitrogens with one attached hydrogen (secondary N) is 1. The van der Waals surface area contributed by atoms with E-state index in [0.29, 0.717) is 19.1 Å². The molecule has 1 aliphatic carbocycles. The summed E-state index contributed by atoms with van der Waals surface area (Å²) in [6, 6.07) is 10.0. The molecule has 0 radical (unpaired) electrons. The Morgan fingerprint density at radius 3 is 2.67 bits per heavy atom. The van der Waals surface area contributed by atoms with E-state index in [1.165, 1.54) is 0 Å². The highest BCUT2D eigenvalue weighted by atomic mass is 16.5. The molecule has 1 fully saturated rings. The molecule has 1 aromatic carbocycles. The second kappa shape index (κ2) is 6.01. The normalized spacial score (nSPS) is 23.4. The second-order valence-electron chi connectivity index (χ2n) is 4.92. The van der Waals surface area contributed by atoms with Crippen molar-refractivity contribution in [3.63, 3.8) is 0 Å². The highest BCUT2D eigenvalue weighted by Crippen LogP contribution is 2.37. The standard InChI is InChI=1S/C15H21NO2/c1-3-18-14(12-7-5-4-6-8-12)10-16-15(17)13-9-11(13)2/h4-8,11,13-14H,3,9-10H2,1-2H3,(H,16,17). The quantitative estimate of drug-likeness (QED) is 0.839. The molecule has 0 heterocycles. The van der Waals surface area contributed by atoms with Gasteiger partial charge in [-0.3, -0.25) is 4.79 Å². The van der Waals surface area contributed by atoms with E-state index in [-0.39, 0.29) is 17.9 Å². The first-order chi connectivity index (χ1) is 8.72. The third-order valence-corrected chi connectivity index (χ3v) is 3.45. The van der Waals surface area contributed by atoms with Gasteiger partial charge >= 0.3 is 0 Å². The predicted octanol–water partition coefficient (Wildman–Crippen LogP) is 2.54. The van der Waals surface area contributed by atoms with Gasteiger partial charge in [-0.2, -0.15) is 0 Å². The number of hydrogen-bond donors (Lipinski definition) is 1. The first kappa shape index (κ1) is 13.1. The van der Waals surface area contributed by atoms with Crippen molar-refractivity contribution in [1.82, 2.24) is 5.32 Å². The van der Waals surface area contributed by atoms with Crippen LogP contribution in [0.5, 0.6) is 0 Å². The first-order valence-corrected chi connectivity index (χ1v) is 6.66. The van der Waals surface area contributed by atoms with Crippen LogP contribution < -0.4 is 5.32 Å². The van der Waals surface area contributed by atoms with Crippen molar-refractivity contribution in [2.24, 2.45) is 11.8 Å². The van der Waals surface area contributed by atoms with Gasteiger partial charge in [0.15, 0.2) is 0 Å². The molecule has 18 heavy (non-hydrogen) atoms. The van der Waals surface area contributed by atoms with Crippen LogP contribution in [0.3, 0.4) is 0 Å². The molecule has 1 aliphatic rings. The van der Waals surface area contributed by atoms with E-state index in [1.807, 2.05) is 37.3 Å². The smallest absolute Gasteiger partial charge is 0.223 e. The molecule has 3 nitrogen and oxygen atoms in total. The monoisotopic (exact) mass is 247 g/mol. The van der Waals surface area contributed by atoms with E-state index in [0.717, 1.165) is 12.0 Å². The minimum absolute atomic E-state index is 0.0470. The van der Waals surface area contributed by atoms with Gasteiger partial charge in [0, 0.05) is 19.1 Å². The molecule has 3 heteroatoms. The van der Waals surface area contributed by atoms with Crippen molar-refractivity contribution >= 4 is 5.91 Å². The zero-order chi connectivity index (χ0) is 13.0. The van der Waals surface area contributed by atoms with Gasteiger partial charge in [-0.25, -0.2) is 0 Å². The van der Waals surface area contributed by atoms with Crippen LogP contribution in [-0.2, 0) is 9.53 Å². The van der Waals surface area contributed by atoms with Crippen LogP contribution in [0.4, 0.5) is 0 Å². The van der Waals surface area contributed by atoms with Crippen LogP contribution in [0.2, 0.25) is 0 Å². The summed E-state index contributed by atoms with van der Waals surface area (Å²) in [5.74, 6) is 0.943. The number of rotatable bonds is 6. The molecule has 1 aromatic rings. The van der Waals surface area contributed by atoms with Gasteiger partial charge in [-0.05, 0) is 24.8 Å². The van der Waals surface area contributed by atoms with Crippen LogP contribution in [0.15, 0.2) is 30.3 Å². The summed E-state index contributed by atoms with van der Waals surface area (Å²) in [5, 5.41) is 2.99. The van der Waals surface area contributed by atoms with Crippen molar-refractivity contribution in [2.75, 3.05) is 13.2 Å². The third-order valence-electron chi connectivity index (χ3n) is 3.45. The Morgan fingerprint density at radius 2 is 2.11 bits per heavy atom. The lowest BCUT2D eigenvalue weighted by Crippen LogP contribution is -2.31. The van der Waals surface area contributed by atoms with E-state index >= 15 is 0 Å². The van der Waals surface area contributed by atoms with Crippen molar-refractivity contribution in [1.29, 1.82) is 0 Å². The Kier molecular flexibility index (Phi) is 4.37. The number of hydrogen-bond acceptors (Lipinski definition) is 2. The van der Waals surface area contributed by atoms with Gasteiger partial charge in [-0.1, -0.05) is 37.3 Å². The van der Waals surface area contributed by atoms with Crippen molar-refractivity contribution in [2.45, 2.75) is 26.4 Å². The Hall–Kier alpha value is -1.35. The molecule has 98 valence electrons. The Morgan fingerprint density at radius 1 is 1.44 bits per heavy atom. The van der Waals surface area contributed by atoms with E-state index in [2.05, 4.69) is 12.2 Å². The van der Waals surface area contributed by atoms with Gasteiger partial charge in [0.2, 0.25) is 5.91 Å². The van der Waals surface area contributed by atoms with Crippen LogP contribution in [0.1, 0.15) is 31.9 Å². The molecule has 0 aromatic heterocycles. The lowest BCUT2D eigenvalue weighted by atomic mass is 10.1. The minimum Gasteiger partial charge on any atom is -0.372 e. The van der Waals surface area contributed by atoms with E-state index in [1.54, 1.807) is 0 Å². The molecule has 0 spiro atoms. The van der Waals surface area contributed by atoms with E-state index < -0.39 is 0 Å². The molecule has 1 saturated carbocycles. The summed E-state index contributed by atoms with van der Waals surface area (Å²) in [6.45, 7) is 5.29. The summed E-state index contributed by atoms with van der Waals surface area (Å²) < 4.78 is 5.69. The topological polar surface area (TPSA) is 38.3 Å². The van der Waals surface area contributed by atoms with Gasteiger partial charge in [0.25, 0.3) is 0 Å². The molecule has 2 rings (SSSR count). The fourth-order valence-corrected chi connectivity index (χ4v) is 2.15. The summed E-state index contributed by atoms with van der Waals surface area (Å²) in [4.78, 5) is 11.8. The third kappa shape index (κ3) is 3.33. The van der Waals surface area contributed by atoms with Crippen LogP contribution in [-0.4, -0.2) is 19.1 Å². The summed E-state index contributed by atoms with van der Waals surface area (Å²) in [6.07, 6.45) is 0.977. The average molecular weight is 247 g/mol. The van der Waals surface area contributed by atoms with Gasteiger partial charge in [0.05, 0.1) is 6.10 Å². The molecule has 3 unspecified atom stereocenters. The van der Waals surface area contributed by atoms with Crippen molar-refractivity contribution < 1.29 is 9.53 Å². The fraction of sp³-hybridized carbons (Fsp3) is 0.533. The number of benzene rings is 1. The minimum atomic E-state index is -0.0470. The van der Waals surface area contributed by atoms with Crippen LogP contribution in [0, 0.1) is 11.8 Å². The molecular formula is C15H21NO2. The first-order valence-electron chi connectivity index (χ1n) is 6.66. The van der Waals surface area contributed by atoms with Crippen molar-refractivity contribution in [3.05, 3.63) is 35.9 Å². The molecular weight excluding hydrogens is 226 g/mol. The maximum Gasteiger partial charge on any atom is 0.223 e. The molecule has 0 saturated heterocycles. The lowest BCUT2D eigenvalue weighted by Gasteiger charge is -2.18. The van der Waals surface area contributed by atoms with Crippen LogP contribution in [0.25, 0.3) is 0 Å². The molecule has 0 bridgehead atoms. The van der Waals surface area contributed by atoms with E-state index in [4.69, 9.17) is 4.74 Å². The highest BCUT2D eigenvalue weighted by molar-refractivity contribution is 5.81. The molecule has 1 N–H and O–H groups in total. The second-order valence-corrected chi connectivity index (χ2v) is 4.92. The number of ether oxygens (including phenoxy) is 1. The zero-order valence-corrected chi connectivity index (χ0v) is 11.1. The maximum atomic E-state index is 11.8. The molecule has 3 atom stereocenters. The number of carbonyl (C=O) groups excluding carboxylic acids is 1. The fourth-order valence-electron chi connectivity index (χ4n) is 2.15. The predicted molar refractivity (Wildman–Crippen MR) is 71.1 cm³/mol. The molecule has 0 aliphatic heterocycles. The largest absolute Gasteiger partial charge is 0.372 e. The Balaban J connectivity index is 1.88. The lowest BCUT2D eigenvalue weighted by molar-refractivity contribution is -0.123. The Bertz CT molecular complexity index is 391. The highest BCUT2D eigenvalue weighted by Gasteiger charge is 2.39. The molecule has 1 amide bonds. The number of amides is 1. The Labute approximate surface area is 109 Å². The van der Waals surface area contributed by atoms with Crippen LogP contribution >= 0.6 is 0 Å². The number of carbonyl (C=O) groups is 1. The zero-order valence-electron chi connectivity index (χ0n) is 11.1. The van der Waals surface area contributed by atoms with E-state index in [9.17, 15) is 4.79 Å². The summed E-state index contributed by atoms with van der Waals surface area (Å²) in [5.41, 5.74) is 1.11. The summed E-state index contributed by atoms with van der Waals surface area (Å²) >= 11 is 0. The van der Waals surface area contributed by atoms with Gasteiger partial charge < -0.3 is 10.1 Å². The SMILES string of the molecule is CCOC(CNC(=O)C1CC1C)c1ccccc1. The average Bonchev–Trinajstić information content (AvgIpc) is 3.12. The maximum absolute atomic E-state index is 11.8.